The van der Waals surface area contributed by atoms with E-state index in [1.807, 2.05) is 30.3 Å². The number of halogens is 2. The zero-order valence-corrected chi connectivity index (χ0v) is 11.8. The molecule has 0 fully saturated rings. The normalized spacial score (nSPS) is 10.7. The lowest BCUT2D eigenvalue weighted by Gasteiger charge is -2.06. The van der Waals surface area contributed by atoms with Crippen molar-refractivity contribution in [3.8, 4) is 11.5 Å². The first-order valence-corrected chi connectivity index (χ1v) is 6.37. The van der Waals surface area contributed by atoms with E-state index < -0.39 is 0 Å². The smallest absolute Gasteiger partial charge is 0.168 e. The Kier molecular flexibility index (Phi) is 4.72. The Morgan fingerprint density at radius 2 is 1.74 bits per heavy atom. The second-order valence-corrected chi connectivity index (χ2v) is 4.58. The van der Waals surface area contributed by atoms with Crippen molar-refractivity contribution in [2.24, 2.45) is 0 Å². The van der Waals surface area contributed by atoms with Crippen LogP contribution in [0.25, 0.3) is 6.08 Å². The number of ether oxygens (including phenoxy) is 2. The van der Waals surface area contributed by atoms with Gasteiger partial charge in [0.25, 0.3) is 0 Å². The molecule has 0 spiro atoms. The van der Waals surface area contributed by atoms with Gasteiger partial charge in [0.05, 0.1) is 13.4 Å². The van der Waals surface area contributed by atoms with Crippen LogP contribution in [0.4, 0.5) is 0 Å². The maximum Gasteiger partial charge on any atom is 0.168 e. The van der Waals surface area contributed by atoms with Crippen LogP contribution in [0, 0.1) is 0 Å². The Labute approximate surface area is 122 Å². The standard InChI is InChI=1S/C15H12Cl2O2/c1-18-14-4-2-3-5-15(14)19-9-8-11-6-7-12(16)10-13(11)17/h2-10H,1H3/b9-8+. The lowest BCUT2D eigenvalue weighted by Crippen LogP contribution is -1.88. The van der Waals surface area contributed by atoms with Crippen molar-refractivity contribution >= 4 is 29.3 Å². The van der Waals surface area contributed by atoms with Crippen LogP contribution in [0.15, 0.2) is 48.7 Å². The molecule has 0 heterocycles. The fourth-order valence-corrected chi connectivity index (χ4v) is 2.00. The maximum atomic E-state index is 6.05. The van der Waals surface area contributed by atoms with Crippen LogP contribution in [-0.4, -0.2) is 7.11 Å². The molecule has 0 aliphatic rings. The van der Waals surface area contributed by atoms with Gasteiger partial charge in [-0.2, -0.15) is 0 Å². The first kappa shape index (κ1) is 13.8. The fourth-order valence-electron chi connectivity index (χ4n) is 1.53. The molecule has 2 aromatic rings. The van der Waals surface area contributed by atoms with Gasteiger partial charge in [0.15, 0.2) is 11.5 Å². The minimum atomic E-state index is 0.576. The Balaban J connectivity index is 2.11. The Morgan fingerprint density at radius 1 is 1.00 bits per heavy atom. The molecule has 98 valence electrons. The Morgan fingerprint density at radius 3 is 2.42 bits per heavy atom. The summed E-state index contributed by atoms with van der Waals surface area (Å²) in [5.74, 6) is 1.32. The van der Waals surface area contributed by atoms with Gasteiger partial charge in [-0.05, 0) is 35.9 Å². The third-order valence-corrected chi connectivity index (χ3v) is 3.04. The van der Waals surface area contributed by atoms with E-state index >= 15 is 0 Å². The second kappa shape index (κ2) is 6.50. The molecular weight excluding hydrogens is 283 g/mol. The van der Waals surface area contributed by atoms with E-state index in [4.69, 9.17) is 32.7 Å². The average Bonchev–Trinajstić information content (AvgIpc) is 2.42. The van der Waals surface area contributed by atoms with Crippen molar-refractivity contribution in [1.29, 1.82) is 0 Å². The van der Waals surface area contributed by atoms with E-state index in [9.17, 15) is 0 Å². The third kappa shape index (κ3) is 3.66. The molecule has 0 atom stereocenters. The molecule has 0 aliphatic carbocycles. The second-order valence-electron chi connectivity index (χ2n) is 3.74. The molecule has 0 aromatic heterocycles. The summed E-state index contributed by atoms with van der Waals surface area (Å²) in [6, 6.07) is 12.7. The quantitative estimate of drug-likeness (QED) is 0.735. The average molecular weight is 295 g/mol. The predicted octanol–water partition coefficient (Wildman–Crippen LogP) is 5.05. The van der Waals surface area contributed by atoms with Crippen LogP contribution in [0.3, 0.4) is 0 Å². The molecule has 0 bridgehead atoms. The van der Waals surface area contributed by atoms with Gasteiger partial charge in [-0.15, -0.1) is 0 Å². The summed E-state index contributed by atoms with van der Waals surface area (Å²) in [6.45, 7) is 0. The van der Waals surface area contributed by atoms with Gasteiger partial charge >= 0.3 is 0 Å². The van der Waals surface area contributed by atoms with Gasteiger partial charge in [0, 0.05) is 10.0 Å². The van der Waals surface area contributed by atoms with E-state index in [1.54, 1.807) is 31.6 Å². The highest BCUT2D eigenvalue weighted by Gasteiger charge is 2.01. The number of benzene rings is 2. The van der Waals surface area contributed by atoms with Crippen LogP contribution >= 0.6 is 23.2 Å². The SMILES string of the molecule is COc1ccccc1O/C=C/c1ccc(Cl)cc1Cl. The summed E-state index contributed by atoms with van der Waals surface area (Å²) < 4.78 is 10.7. The van der Waals surface area contributed by atoms with Gasteiger partial charge in [0.2, 0.25) is 0 Å². The lowest BCUT2D eigenvalue weighted by atomic mass is 10.2. The Bertz CT molecular complexity index is 594. The molecule has 2 rings (SSSR count). The van der Waals surface area contributed by atoms with E-state index in [-0.39, 0.29) is 0 Å². The van der Waals surface area contributed by atoms with Crippen LogP contribution in [-0.2, 0) is 0 Å². The Hall–Kier alpha value is -1.64. The monoisotopic (exact) mass is 294 g/mol. The van der Waals surface area contributed by atoms with Crippen molar-refractivity contribution in [3.05, 3.63) is 64.3 Å². The van der Waals surface area contributed by atoms with E-state index in [0.29, 0.717) is 21.5 Å². The molecule has 2 nitrogen and oxygen atoms in total. The molecule has 2 aromatic carbocycles. The molecule has 19 heavy (non-hydrogen) atoms. The predicted molar refractivity (Wildman–Crippen MR) is 79.1 cm³/mol. The van der Waals surface area contributed by atoms with E-state index in [0.717, 1.165) is 5.56 Å². The van der Waals surface area contributed by atoms with Crippen molar-refractivity contribution in [3.63, 3.8) is 0 Å². The lowest BCUT2D eigenvalue weighted by molar-refractivity contribution is 0.379. The topological polar surface area (TPSA) is 18.5 Å². The minimum Gasteiger partial charge on any atom is -0.493 e. The van der Waals surface area contributed by atoms with Crippen LogP contribution in [0.2, 0.25) is 10.0 Å². The van der Waals surface area contributed by atoms with Crippen molar-refractivity contribution in [2.45, 2.75) is 0 Å². The van der Waals surface area contributed by atoms with Gasteiger partial charge in [-0.3, -0.25) is 0 Å². The molecule has 0 amide bonds. The maximum absolute atomic E-state index is 6.05. The summed E-state index contributed by atoms with van der Waals surface area (Å²) in [7, 11) is 1.60. The zero-order valence-electron chi connectivity index (χ0n) is 10.3. The van der Waals surface area contributed by atoms with Crippen molar-refractivity contribution in [2.75, 3.05) is 7.11 Å². The number of rotatable bonds is 4. The third-order valence-electron chi connectivity index (χ3n) is 2.47. The molecule has 4 heteroatoms. The van der Waals surface area contributed by atoms with Gasteiger partial charge in [0.1, 0.15) is 0 Å². The highest BCUT2D eigenvalue weighted by Crippen LogP contribution is 2.27. The van der Waals surface area contributed by atoms with Crippen LogP contribution < -0.4 is 9.47 Å². The van der Waals surface area contributed by atoms with Gasteiger partial charge < -0.3 is 9.47 Å². The van der Waals surface area contributed by atoms with Crippen LogP contribution in [0.5, 0.6) is 11.5 Å². The van der Waals surface area contributed by atoms with Crippen molar-refractivity contribution < 1.29 is 9.47 Å². The summed E-state index contributed by atoms with van der Waals surface area (Å²) in [6.07, 6.45) is 3.33. The highest BCUT2D eigenvalue weighted by atomic mass is 35.5. The fraction of sp³-hybridized carbons (Fsp3) is 0.0667. The number of hydrogen-bond acceptors (Lipinski definition) is 2. The summed E-state index contributed by atoms with van der Waals surface area (Å²) in [5, 5.41) is 1.18. The number of hydrogen-bond donors (Lipinski definition) is 0. The first-order valence-electron chi connectivity index (χ1n) is 5.62. The molecule has 0 unspecified atom stereocenters. The van der Waals surface area contributed by atoms with E-state index in [1.165, 1.54) is 0 Å². The molecule has 0 radical (unpaired) electrons. The highest BCUT2D eigenvalue weighted by molar-refractivity contribution is 6.35. The van der Waals surface area contributed by atoms with E-state index in [2.05, 4.69) is 0 Å². The molecular formula is C15H12Cl2O2. The first-order chi connectivity index (χ1) is 9.20. The van der Waals surface area contributed by atoms with Crippen LogP contribution in [0.1, 0.15) is 5.56 Å². The molecule has 0 saturated carbocycles. The van der Waals surface area contributed by atoms with Gasteiger partial charge in [-0.1, -0.05) is 41.4 Å². The van der Waals surface area contributed by atoms with Crippen molar-refractivity contribution in [1.82, 2.24) is 0 Å². The molecule has 0 saturated heterocycles. The minimum absolute atomic E-state index is 0.576. The summed E-state index contributed by atoms with van der Waals surface area (Å²) >= 11 is 11.9. The summed E-state index contributed by atoms with van der Waals surface area (Å²) in [5.41, 5.74) is 0.834. The zero-order chi connectivity index (χ0) is 13.7. The van der Waals surface area contributed by atoms with Gasteiger partial charge in [-0.25, -0.2) is 0 Å². The largest absolute Gasteiger partial charge is 0.493 e. The molecule has 0 N–H and O–H groups in total. The number of para-hydroxylation sites is 2. The molecule has 0 aliphatic heterocycles. The summed E-state index contributed by atoms with van der Waals surface area (Å²) in [4.78, 5) is 0. The number of methoxy groups -OCH3 is 1.